The minimum Gasteiger partial charge on any atom is -0.357 e. The average Bonchev–Trinajstić information content (AvgIpc) is 2.68. The Kier molecular flexibility index (Phi) is 2.25. The van der Waals surface area contributed by atoms with Crippen molar-refractivity contribution < 1.29 is 0 Å². The van der Waals surface area contributed by atoms with Gasteiger partial charge in [-0.3, -0.25) is 0 Å². The van der Waals surface area contributed by atoms with Gasteiger partial charge in [-0.15, -0.1) is 0 Å². The SMILES string of the molecule is CCc1ccc2[nH]c3c(c2c1)CCCC3N. The number of fused-ring (bicyclic) bond motifs is 3. The summed E-state index contributed by atoms with van der Waals surface area (Å²) in [6.45, 7) is 2.20. The predicted octanol–water partition coefficient (Wildman–Crippen LogP) is 3.07. The first-order valence-electron chi connectivity index (χ1n) is 6.18. The summed E-state index contributed by atoms with van der Waals surface area (Å²) >= 11 is 0. The molecular formula is C14H18N2. The van der Waals surface area contributed by atoms with E-state index in [4.69, 9.17) is 5.73 Å². The third kappa shape index (κ3) is 1.37. The van der Waals surface area contributed by atoms with Gasteiger partial charge >= 0.3 is 0 Å². The molecule has 0 saturated carbocycles. The maximum atomic E-state index is 6.15. The summed E-state index contributed by atoms with van der Waals surface area (Å²) in [6.07, 6.45) is 4.61. The van der Waals surface area contributed by atoms with Crippen molar-refractivity contribution in [2.75, 3.05) is 0 Å². The molecule has 0 bridgehead atoms. The number of aryl methyl sites for hydroxylation is 2. The lowest BCUT2D eigenvalue weighted by Gasteiger charge is -2.18. The molecule has 0 radical (unpaired) electrons. The van der Waals surface area contributed by atoms with Gasteiger partial charge in [0.25, 0.3) is 0 Å². The first-order chi connectivity index (χ1) is 7.79. The van der Waals surface area contributed by atoms with Crippen molar-refractivity contribution in [1.82, 2.24) is 4.98 Å². The molecule has 0 aliphatic heterocycles. The van der Waals surface area contributed by atoms with Gasteiger partial charge in [-0.1, -0.05) is 13.0 Å². The number of rotatable bonds is 1. The molecule has 3 rings (SSSR count). The van der Waals surface area contributed by atoms with Gasteiger partial charge in [0, 0.05) is 22.6 Å². The molecule has 0 amide bonds. The highest BCUT2D eigenvalue weighted by atomic mass is 14.8. The number of nitrogens with two attached hydrogens (primary N) is 1. The summed E-state index contributed by atoms with van der Waals surface area (Å²) in [5.74, 6) is 0. The van der Waals surface area contributed by atoms with E-state index in [2.05, 4.69) is 30.1 Å². The van der Waals surface area contributed by atoms with Crippen LogP contribution in [0.3, 0.4) is 0 Å². The molecule has 3 N–H and O–H groups in total. The summed E-state index contributed by atoms with van der Waals surface area (Å²) in [7, 11) is 0. The zero-order valence-corrected chi connectivity index (χ0v) is 9.72. The topological polar surface area (TPSA) is 41.8 Å². The molecule has 0 saturated heterocycles. The molecule has 1 aromatic carbocycles. The standard InChI is InChI=1S/C14H18N2/c1-2-9-6-7-13-11(8-9)10-4-3-5-12(15)14(10)16-13/h6-8,12,16H,2-5,15H2,1H3. The highest BCUT2D eigenvalue weighted by Gasteiger charge is 2.21. The minimum absolute atomic E-state index is 0.209. The van der Waals surface area contributed by atoms with Crippen LogP contribution >= 0.6 is 0 Å². The zero-order valence-electron chi connectivity index (χ0n) is 9.72. The highest BCUT2D eigenvalue weighted by Crippen LogP contribution is 2.33. The Bertz CT molecular complexity index is 525. The van der Waals surface area contributed by atoms with Crippen molar-refractivity contribution in [3.63, 3.8) is 0 Å². The molecule has 1 aliphatic rings. The monoisotopic (exact) mass is 214 g/mol. The van der Waals surface area contributed by atoms with Gasteiger partial charge in [-0.25, -0.2) is 0 Å². The number of H-pyrrole nitrogens is 1. The zero-order chi connectivity index (χ0) is 11.1. The van der Waals surface area contributed by atoms with Gasteiger partial charge in [0.05, 0.1) is 0 Å². The Morgan fingerprint density at radius 2 is 2.31 bits per heavy atom. The van der Waals surface area contributed by atoms with Crippen LogP contribution in [-0.2, 0) is 12.8 Å². The Morgan fingerprint density at radius 3 is 3.12 bits per heavy atom. The van der Waals surface area contributed by atoms with Crippen molar-refractivity contribution in [2.45, 2.75) is 38.6 Å². The second kappa shape index (κ2) is 3.63. The quantitative estimate of drug-likeness (QED) is 0.752. The van der Waals surface area contributed by atoms with Crippen LogP contribution in [0.15, 0.2) is 18.2 Å². The molecule has 2 aromatic rings. The Labute approximate surface area is 95.8 Å². The minimum atomic E-state index is 0.209. The highest BCUT2D eigenvalue weighted by molar-refractivity contribution is 5.85. The summed E-state index contributed by atoms with van der Waals surface area (Å²) in [5, 5.41) is 1.39. The number of hydrogen-bond acceptors (Lipinski definition) is 1. The fourth-order valence-corrected chi connectivity index (χ4v) is 2.76. The van der Waals surface area contributed by atoms with E-state index in [1.54, 1.807) is 0 Å². The van der Waals surface area contributed by atoms with E-state index in [9.17, 15) is 0 Å². The number of nitrogens with one attached hydrogen (secondary N) is 1. The molecule has 16 heavy (non-hydrogen) atoms. The number of hydrogen-bond donors (Lipinski definition) is 2. The molecule has 1 atom stereocenters. The van der Waals surface area contributed by atoms with Gasteiger partial charge in [-0.05, 0) is 48.9 Å². The summed E-state index contributed by atoms with van der Waals surface area (Å²) in [4.78, 5) is 3.49. The van der Waals surface area contributed by atoms with Gasteiger partial charge in [0.2, 0.25) is 0 Å². The van der Waals surface area contributed by atoms with E-state index in [-0.39, 0.29) is 6.04 Å². The Balaban J connectivity index is 2.25. The number of aromatic amines is 1. The van der Waals surface area contributed by atoms with Gasteiger partial charge in [-0.2, -0.15) is 0 Å². The largest absolute Gasteiger partial charge is 0.357 e. The first-order valence-corrected chi connectivity index (χ1v) is 6.18. The second-order valence-corrected chi connectivity index (χ2v) is 4.75. The third-order valence-corrected chi connectivity index (χ3v) is 3.72. The Hall–Kier alpha value is -1.28. The van der Waals surface area contributed by atoms with Crippen LogP contribution in [-0.4, -0.2) is 4.98 Å². The maximum Gasteiger partial charge on any atom is 0.0459 e. The molecule has 1 aliphatic carbocycles. The molecular weight excluding hydrogens is 196 g/mol. The lowest BCUT2D eigenvalue weighted by atomic mass is 9.92. The fourth-order valence-electron chi connectivity index (χ4n) is 2.76. The van der Waals surface area contributed by atoms with E-state index in [0.717, 1.165) is 12.8 Å². The lowest BCUT2D eigenvalue weighted by Crippen LogP contribution is -2.16. The van der Waals surface area contributed by atoms with Gasteiger partial charge in [0.1, 0.15) is 0 Å². The summed E-state index contributed by atoms with van der Waals surface area (Å²) in [6, 6.07) is 6.93. The van der Waals surface area contributed by atoms with Crippen molar-refractivity contribution in [3.8, 4) is 0 Å². The van der Waals surface area contributed by atoms with E-state index in [1.165, 1.54) is 40.6 Å². The predicted molar refractivity (Wildman–Crippen MR) is 67.5 cm³/mol. The van der Waals surface area contributed by atoms with E-state index >= 15 is 0 Å². The second-order valence-electron chi connectivity index (χ2n) is 4.75. The molecule has 0 spiro atoms. The van der Waals surface area contributed by atoms with Crippen molar-refractivity contribution in [2.24, 2.45) is 5.73 Å². The van der Waals surface area contributed by atoms with Crippen LogP contribution in [0.25, 0.3) is 10.9 Å². The van der Waals surface area contributed by atoms with Crippen LogP contribution in [0, 0.1) is 0 Å². The molecule has 84 valence electrons. The summed E-state index contributed by atoms with van der Waals surface area (Å²) < 4.78 is 0. The molecule has 1 unspecified atom stereocenters. The van der Waals surface area contributed by atoms with Crippen molar-refractivity contribution in [3.05, 3.63) is 35.0 Å². The van der Waals surface area contributed by atoms with Crippen LogP contribution in [0.2, 0.25) is 0 Å². The molecule has 0 fully saturated rings. The van der Waals surface area contributed by atoms with Crippen LogP contribution in [0.5, 0.6) is 0 Å². The van der Waals surface area contributed by atoms with Crippen LogP contribution in [0.1, 0.15) is 42.6 Å². The van der Waals surface area contributed by atoms with Crippen molar-refractivity contribution >= 4 is 10.9 Å². The van der Waals surface area contributed by atoms with Crippen LogP contribution < -0.4 is 5.73 Å². The van der Waals surface area contributed by atoms with Gasteiger partial charge in [0.15, 0.2) is 0 Å². The fraction of sp³-hybridized carbons (Fsp3) is 0.429. The Morgan fingerprint density at radius 1 is 1.44 bits per heavy atom. The first kappa shape index (κ1) is 9.91. The number of aromatic nitrogens is 1. The normalized spacial score (nSPS) is 20.0. The maximum absolute atomic E-state index is 6.15. The molecule has 1 aromatic heterocycles. The van der Waals surface area contributed by atoms with E-state index < -0.39 is 0 Å². The molecule has 2 heteroatoms. The van der Waals surface area contributed by atoms with Gasteiger partial charge < -0.3 is 10.7 Å². The number of benzene rings is 1. The molecule has 2 nitrogen and oxygen atoms in total. The average molecular weight is 214 g/mol. The van der Waals surface area contributed by atoms with E-state index in [1.807, 2.05) is 0 Å². The third-order valence-electron chi connectivity index (χ3n) is 3.72. The van der Waals surface area contributed by atoms with Crippen LogP contribution in [0.4, 0.5) is 0 Å². The smallest absolute Gasteiger partial charge is 0.0459 e. The van der Waals surface area contributed by atoms with Crippen molar-refractivity contribution in [1.29, 1.82) is 0 Å². The van der Waals surface area contributed by atoms with E-state index in [0.29, 0.717) is 0 Å². The lowest BCUT2D eigenvalue weighted by molar-refractivity contribution is 0.562. The summed E-state index contributed by atoms with van der Waals surface area (Å²) in [5.41, 5.74) is 11.5. The molecule has 1 heterocycles.